The van der Waals surface area contributed by atoms with Gasteiger partial charge in [0.25, 0.3) is 0 Å². The van der Waals surface area contributed by atoms with Crippen molar-refractivity contribution in [2.45, 2.75) is 0 Å². The van der Waals surface area contributed by atoms with E-state index in [1.165, 1.54) is 84.9 Å². The first-order chi connectivity index (χ1) is 34.4. The van der Waals surface area contributed by atoms with Crippen LogP contribution in [-0.4, -0.2) is 87.8 Å². The quantitative estimate of drug-likeness (QED) is 0.0452. The number of aromatic amines is 2. The lowest BCUT2D eigenvalue weighted by Crippen LogP contribution is -2.10. The van der Waals surface area contributed by atoms with Crippen LogP contribution in [0.1, 0.15) is 0 Å². The molecule has 0 aliphatic heterocycles. The number of hydrogen-bond donors (Lipinski definition) is 8. The van der Waals surface area contributed by atoms with Crippen LogP contribution in [0.25, 0.3) is 108 Å². The van der Waals surface area contributed by atoms with Crippen LogP contribution in [-0.2, 0) is 62.4 Å². The van der Waals surface area contributed by atoms with Crippen LogP contribution in [0.2, 0.25) is 0 Å². The summed E-state index contributed by atoms with van der Waals surface area (Å²) in [7, 11) is -32.4. The molecule has 0 atom stereocenters. The molecule has 2 heterocycles. The maximum atomic E-state index is 12.8. The fourth-order valence-corrected chi connectivity index (χ4v) is 11.7. The Kier molecular flexibility index (Phi) is 10.5. The summed E-state index contributed by atoms with van der Waals surface area (Å²) in [5, 5.41) is -2.87. The molecule has 0 radical (unpaired) electrons. The number of hydrogen-bond acceptors (Lipinski definition) is 18. The van der Waals surface area contributed by atoms with Crippen LogP contribution in [0.5, 0.6) is 34.5 Å². The molecule has 0 bridgehead atoms. The Balaban J connectivity index is 1.30. The molecule has 11 aromatic rings. The Labute approximate surface area is 412 Å². The van der Waals surface area contributed by atoms with Gasteiger partial charge >= 0.3 is 62.4 Å². The van der Waals surface area contributed by atoms with Crippen molar-refractivity contribution in [2.24, 2.45) is 0 Å². The lowest BCUT2D eigenvalue weighted by molar-refractivity contribution is 0.385. The molecule has 0 saturated heterocycles. The molecule has 11 rings (SSSR count). The molecule has 9 aromatic carbocycles. The van der Waals surface area contributed by atoms with Crippen LogP contribution in [0.3, 0.4) is 0 Å². The fraction of sp³-hybridized carbons (Fsp3) is 0. The minimum Gasteiger partial charge on any atom is -0.360 e. The molecule has 0 spiro atoms. The second-order valence-corrected chi connectivity index (χ2v) is 22.2. The summed E-state index contributed by atoms with van der Waals surface area (Å²) < 4.78 is 240. The first kappa shape index (κ1) is 48.7. The second-order valence-electron chi connectivity index (χ2n) is 16.1. The van der Waals surface area contributed by atoms with E-state index in [1.54, 1.807) is 0 Å². The van der Waals surface area contributed by atoms with Crippen LogP contribution in [0, 0.1) is 0 Å². The summed E-state index contributed by atoms with van der Waals surface area (Å²) in [4.78, 5) is 5.96. The molecule has 0 saturated carbocycles. The van der Waals surface area contributed by atoms with Crippen molar-refractivity contribution in [1.29, 1.82) is 0 Å². The van der Waals surface area contributed by atoms with Crippen molar-refractivity contribution >= 4 is 171 Å². The zero-order valence-corrected chi connectivity index (χ0v) is 40.6. The highest BCUT2D eigenvalue weighted by Crippen LogP contribution is 2.53. The smallest absolute Gasteiger partial charge is 0.360 e. The first-order valence-corrected chi connectivity index (χ1v) is 28.3. The van der Waals surface area contributed by atoms with Gasteiger partial charge in [-0.15, -0.1) is 0 Å². The molecular weight excluding hydrogens is 1110 g/mol. The van der Waals surface area contributed by atoms with Gasteiger partial charge < -0.3 is 35.1 Å². The molecule has 74 heavy (non-hydrogen) atoms. The van der Waals surface area contributed by atoms with E-state index < -0.39 is 108 Å². The molecule has 382 valence electrons. The molecule has 0 aliphatic rings. The summed E-state index contributed by atoms with van der Waals surface area (Å²) in [6, 6.07) is 20.5. The largest absolute Gasteiger partial charge is 0.446 e. The molecule has 2 aromatic heterocycles. The monoisotopic (exact) mass is 1130 g/mol. The molecule has 26 nitrogen and oxygen atoms in total. The Hall–Kier alpha value is -7.60. The molecule has 0 unspecified atom stereocenters. The highest BCUT2D eigenvalue weighted by Gasteiger charge is 2.31. The molecule has 0 amide bonds. The minimum absolute atomic E-state index is 0.00363. The number of rotatable bonds is 12. The Morgan fingerprint density at radius 1 is 0.270 bits per heavy atom. The van der Waals surface area contributed by atoms with E-state index in [-0.39, 0.29) is 97.5 Å². The zero-order chi connectivity index (χ0) is 53.0. The predicted molar refractivity (Wildman–Crippen MR) is 263 cm³/mol. The lowest BCUT2D eigenvalue weighted by Gasteiger charge is -2.16. The Bertz CT molecular complexity index is 4810. The van der Waals surface area contributed by atoms with Crippen LogP contribution in [0.15, 0.2) is 97.1 Å². The van der Waals surface area contributed by atoms with Gasteiger partial charge in [-0.25, -0.2) is 0 Å². The third kappa shape index (κ3) is 8.51. The summed E-state index contributed by atoms with van der Waals surface area (Å²) in [6.07, 6.45) is 0. The number of H-pyrrole nitrogens is 2. The third-order valence-corrected chi connectivity index (χ3v) is 14.0. The molecule has 0 aliphatic carbocycles. The SMILES string of the molecule is O=S(=O)(O)Oc1c2ccccc2c(OS(=O)(=O)O)c2cc3c(cc12)[nH]c1c3ccc2c(OS(=O)(=O)O)c3c(ccc4c5cc6c(OS(=O)(=O)O)c7ccccc7c(OS(=O)(=O)O)c6cc5[nH]c43)c(OS(=O)(=O)O)c21. The van der Waals surface area contributed by atoms with Crippen molar-refractivity contribution in [1.82, 2.24) is 9.97 Å². The van der Waals surface area contributed by atoms with E-state index in [0.717, 1.165) is 12.1 Å². The van der Waals surface area contributed by atoms with Gasteiger partial charge in [0.2, 0.25) is 0 Å². The summed E-state index contributed by atoms with van der Waals surface area (Å²) in [5.74, 6) is -3.74. The van der Waals surface area contributed by atoms with E-state index in [0.29, 0.717) is 0 Å². The highest BCUT2D eigenvalue weighted by molar-refractivity contribution is 7.82. The van der Waals surface area contributed by atoms with Gasteiger partial charge in [-0.1, -0.05) is 60.7 Å². The average Bonchev–Trinajstić information content (AvgIpc) is 3.83. The van der Waals surface area contributed by atoms with E-state index in [1.807, 2.05) is 0 Å². The van der Waals surface area contributed by atoms with Gasteiger partial charge in [-0.2, -0.15) is 50.5 Å². The zero-order valence-electron chi connectivity index (χ0n) is 35.7. The maximum Gasteiger partial charge on any atom is 0.446 e. The van der Waals surface area contributed by atoms with E-state index >= 15 is 0 Å². The topological polar surface area (TPSA) is 413 Å². The minimum atomic E-state index is -5.56. The normalized spacial score (nSPS) is 13.4. The maximum absolute atomic E-state index is 12.8. The van der Waals surface area contributed by atoms with Gasteiger partial charge in [0.15, 0.2) is 34.5 Å². The third-order valence-electron chi connectivity index (χ3n) is 11.7. The lowest BCUT2D eigenvalue weighted by atomic mass is 9.95. The highest BCUT2D eigenvalue weighted by atomic mass is 32.3. The number of benzene rings is 9. The average molecular weight is 1130 g/mol. The van der Waals surface area contributed by atoms with Crippen molar-refractivity contribution in [3.05, 3.63) is 97.1 Å². The van der Waals surface area contributed by atoms with Gasteiger partial charge in [0.1, 0.15) is 0 Å². The van der Waals surface area contributed by atoms with Crippen molar-refractivity contribution in [2.75, 3.05) is 0 Å². The van der Waals surface area contributed by atoms with Gasteiger partial charge in [-0.05, 0) is 36.4 Å². The van der Waals surface area contributed by atoms with Crippen LogP contribution in [0.4, 0.5) is 0 Å². The molecule has 0 fully saturated rings. The van der Waals surface area contributed by atoms with Crippen molar-refractivity contribution < 1.29 is 103 Å². The molecule has 8 N–H and O–H groups in total. The predicted octanol–water partition coefficient (Wildman–Crippen LogP) is 6.96. The van der Waals surface area contributed by atoms with Crippen LogP contribution < -0.4 is 25.1 Å². The molecule has 32 heteroatoms. The number of nitrogens with one attached hydrogen (secondary N) is 2. The summed E-state index contributed by atoms with van der Waals surface area (Å²) in [6.45, 7) is 0. The van der Waals surface area contributed by atoms with Crippen molar-refractivity contribution in [3.63, 3.8) is 0 Å². The van der Waals surface area contributed by atoms with E-state index in [2.05, 4.69) is 9.97 Å². The summed E-state index contributed by atoms with van der Waals surface area (Å²) in [5.41, 5.74) is -0.325. The second kappa shape index (κ2) is 16.0. The van der Waals surface area contributed by atoms with E-state index in [4.69, 9.17) is 25.1 Å². The number of aromatic nitrogens is 2. The van der Waals surface area contributed by atoms with E-state index in [9.17, 15) is 77.8 Å². The van der Waals surface area contributed by atoms with Crippen molar-refractivity contribution in [3.8, 4) is 34.5 Å². The molecular formula is C42H24N2O24S6. The van der Waals surface area contributed by atoms with Crippen LogP contribution >= 0.6 is 0 Å². The fourth-order valence-electron chi connectivity index (χ4n) is 9.41. The van der Waals surface area contributed by atoms with Gasteiger partial charge in [0, 0.05) is 86.4 Å². The summed E-state index contributed by atoms with van der Waals surface area (Å²) >= 11 is 0. The Morgan fingerprint density at radius 3 is 0.784 bits per heavy atom. The first-order valence-electron chi connectivity index (χ1n) is 20.1. The van der Waals surface area contributed by atoms with Gasteiger partial charge in [-0.3, -0.25) is 27.3 Å². The number of fused-ring (bicyclic) bond motifs is 14. The standard InChI is InChI=1S/C42H24N2O24S6/c45-69(46,47)63-37-19-5-1-3-7-21(19)39(65-71(51,52)53)29-15-31-25(13-27(29)37)17-9-11-23-33(35(17)43-31)41(67-73(57,58)59)24-12-10-18-26-14-28-30(16-32(26)44-36(18)34(24)42(23)68-74(60,61)62)40(66-72(54,55)56)22-8-4-2-6-20(22)38(28)64-70(48,49)50/h1-16,43-44H,(H,45,46,47)(H,48,49,50)(H,51,52,53)(H,54,55,56)(H,57,58,59)(H,60,61,62). The van der Waals surface area contributed by atoms with Gasteiger partial charge in [0.05, 0.1) is 21.8 Å². The Morgan fingerprint density at radius 2 is 0.514 bits per heavy atom.